The van der Waals surface area contributed by atoms with Crippen molar-refractivity contribution in [1.29, 1.82) is 0 Å². The molecule has 0 bridgehead atoms. The van der Waals surface area contributed by atoms with E-state index in [1.54, 1.807) is 12.1 Å². The fraction of sp³-hybridized carbons (Fsp3) is 0.154. The van der Waals surface area contributed by atoms with Gasteiger partial charge in [0.2, 0.25) is 0 Å². The van der Waals surface area contributed by atoms with E-state index in [1.807, 2.05) is 6.92 Å². The number of phenolic OH excluding ortho intramolecular Hbond substituents is 1. The summed E-state index contributed by atoms with van der Waals surface area (Å²) in [5.41, 5.74) is 0.425. The number of nitrogens with one attached hydrogen (secondary N) is 1. The monoisotopic (exact) mass is 265 g/mol. The number of amides is 1. The first-order valence-corrected chi connectivity index (χ1v) is 5.86. The van der Waals surface area contributed by atoms with Gasteiger partial charge in [0.05, 0.1) is 10.7 Å². The molecule has 0 fully saturated rings. The maximum atomic E-state index is 11.9. The van der Waals surface area contributed by atoms with Gasteiger partial charge in [0.15, 0.2) is 5.76 Å². The molecule has 0 unspecified atom stereocenters. The van der Waals surface area contributed by atoms with Crippen LogP contribution in [0, 0.1) is 0 Å². The summed E-state index contributed by atoms with van der Waals surface area (Å²) in [6.07, 6.45) is 0.729. The van der Waals surface area contributed by atoms with Crippen LogP contribution in [0.4, 0.5) is 5.69 Å². The number of furan rings is 1. The molecule has 0 radical (unpaired) electrons. The third-order valence-corrected chi connectivity index (χ3v) is 2.75. The molecule has 18 heavy (non-hydrogen) atoms. The molecule has 0 spiro atoms. The quantitative estimate of drug-likeness (QED) is 0.836. The molecule has 94 valence electrons. The van der Waals surface area contributed by atoms with E-state index in [4.69, 9.17) is 16.0 Å². The highest BCUT2D eigenvalue weighted by molar-refractivity contribution is 6.34. The van der Waals surface area contributed by atoms with Crippen molar-refractivity contribution in [2.24, 2.45) is 0 Å². The van der Waals surface area contributed by atoms with Crippen LogP contribution in [-0.2, 0) is 6.42 Å². The van der Waals surface area contributed by atoms with Crippen LogP contribution in [0.5, 0.6) is 5.75 Å². The summed E-state index contributed by atoms with van der Waals surface area (Å²) in [6, 6.07) is 7.70. The van der Waals surface area contributed by atoms with Gasteiger partial charge in [-0.05, 0) is 24.3 Å². The smallest absolute Gasteiger partial charge is 0.291 e. The minimum absolute atomic E-state index is 0.0456. The SMILES string of the molecule is CCc1ccc(C(=O)Nc2ccc(O)cc2Cl)o1. The first-order valence-electron chi connectivity index (χ1n) is 5.48. The highest BCUT2D eigenvalue weighted by Gasteiger charge is 2.12. The molecule has 1 heterocycles. The number of anilines is 1. The number of benzene rings is 1. The Morgan fingerprint density at radius 3 is 2.78 bits per heavy atom. The van der Waals surface area contributed by atoms with Crippen molar-refractivity contribution in [2.45, 2.75) is 13.3 Å². The van der Waals surface area contributed by atoms with E-state index in [0.717, 1.165) is 12.2 Å². The van der Waals surface area contributed by atoms with Crippen LogP contribution in [0.1, 0.15) is 23.2 Å². The predicted molar refractivity (Wildman–Crippen MR) is 69.2 cm³/mol. The lowest BCUT2D eigenvalue weighted by Gasteiger charge is -2.05. The van der Waals surface area contributed by atoms with E-state index in [0.29, 0.717) is 5.69 Å². The number of hydrogen-bond donors (Lipinski definition) is 2. The minimum Gasteiger partial charge on any atom is -0.508 e. The second-order valence-electron chi connectivity index (χ2n) is 3.74. The number of hydrogen-bond acceptors (Lipinski definition) is 3. The molecule has 4 nitrogen and oxygen atoms in total. The second kappa shape index (κ2) is 5.14. The lowest BCUT2D eigenvalue weighted by atomic mass is 10.3. The Morgan fingerprint density at radius 1 is 1.39 bits per heavy atom. The van der Waals surface area contributed by atoms with Crippen molar-refractivity contribution >= 4 is 23.2 Å². The van der Waals surface area contributed by atoms with Crippen molar-refractivity contribution in [3.63, 3.8) is 0 Å². The Balaban J connectivity index is 2.16. The van der Waals surface area contributed by atoms with E-state index in [2.05, 4.69) is 5.32 Å². The minimum atomic E-state index is -0.373. The number of aryl methyl sites for hydroxylation is 1. The van der Waals surface area contributed by atoms with Gasteiger partial charge in [-0.2, -0.15) is 0 Å². The topological polar surface area (TPSA) is 62.5 Å². The third kappa shape index (κ3) is 2.65. The Hall–Kier alpha value is -1.94. The van der Waals surface area contributed by atoms with Crippen LogP contribution < -0.4 is 5.32 Å². The molecule has 0 saturated heterocycles. The number of rotatable bonds is 3. The van der Waals surface area contributed by atoms with Gasteiger partial charge in [0.25, 0.3) is 5.91 Å². The molecule has 0 aliphatic heterocycles. The first-order chi connectivity index (χ1) is 8.60. The molecular weight excluding hydrogens is 254 g/mol. The number of carbonyl (C=O) groups excluding carboxylic acids is 1. The molecule has 1 aromatic heterocycles. The van der Waals surface area contributed by atoms with Gasteiger partial charge in [-0.1, -0.05) is 18.5 Å². The summed E-state index contributed by atoms with van der Waals surface area (Å²) < 4.78 is 5.33. The molecule has 2 N–H and O–H groups in total. The van der Waals surface area contributed by atoms with E-state index >= 15 is 0 Å². The average Bonchev–Trinajstić information content (AvgIpc) is 2.81. The highest BCUT2D eigenvalue weighted by atomic mass is 35.5. The van der Waals surface area contributed by atoms with E-state index in [1.165, 1.54) is 18.2 Å². The molecule has 1 aromatic carbocycles. The molecule has 2 rings (SSSR count). The number of phenols is 1. The van der Waals surface area contributed by atoms with Crippen molar-refractivity contribution in [3.05, 3.63) is 46.9 Å². The second-order valence-corrected chi connectivity index (χ2v) is 4.14. The van der Waals surface area contributed by atoms with Gasteiger partial charge >= 0.3 is 0 Å². The fourth-order valence-electron chi connectivity index (χ4n) is 1.48. The summed E-state index contributed by atoms with van der Waals surface area (Å²) in [4.78, 5) is 11.9. The molecule has 0 saturated carbocycles. The Kier molecular flexibility index (Phi) is 3.58. The highest BCUT2D eigenvalue weighted by Crippen LogP contribution is 2.26. The van der Waals surface area contributed by atoms with Gasteiger partial charge in [-0.3, -0.25) is 4.79 Å². The van der Waals surface area contributed by atoms with E-state index in [9.17, 15) is 9.90 Å². The lowest BCUT2D eigenvalue weighted by molar-refractivity contribution is 0.0995. The van der Waals surface area contributed by atoms with Crippen LogP contribution in [0.3, 0.4) is 0 Å². The molecular formula is C13H12ClNO3. The van der Waals surface area contributed by atoms with E-state index < -0.39 is 0 Å². The van der Waals surface area contributed by atoms with Crippen LogP contribution in [0.2, 0.25) is 5.02 Å². The largest absolute Gasteiger partial charge is 0.508 e. The molecule has 0 atom stereocenters. The Labute approximate surface area is 109 Å². The summed E-state index contributed by atoms with van der Waals surface area (Å²) in [6.45, 7) is 1.94. The third-order valence-electron chi connectivity index (χ3n) is 2.43. The maximum absolute atomic E-state index is 11.9. The van der Waals surface area contributed by atoms with Gasteiger partial charge in [-0.25, -0.2) is 0 Å². The van der Waals surface area contributed by atoms with Gasteiger partial charge in [0.1, 0.15) is 11.5 Å². The van der Waals surface area contributed by atoms with E-state index in [-0.39, 0.29) is 22.4 Å². The molecule has 2 aromatic rings. The van der Waals surface area contributed by atoms with Crippen molar-refractivity contribution < 1.29 is 14.3 Å². The predicted octanol–water partition coefficient (Wildman–Crippen LogP) is 3.45. The van der Waals surface area contributed by atoms with Crippen molar-refractivity contribution in [3.8, 4) is 5.75 Å². The summed E-state index contributed by atoms with van der Waals surface area (Å²) in [5.74, 6) is 0.652. The zero-order valence-electron chi connectivity index (χ0n) is 9.74. The number of carbonyl (C=O) groups is 1. The van der Waals surface area contributed by atoms with Crippen molar-refractivity contribution in [1.82, 2.24) is 0 Å². The molecule has 0 aliphatic carbocycles. The number of halogens is 1. The summed E-state index contributed by atoms with van der Waals surface area (Å²) in [5, 5.41) is 12.1. The normalized spacial score (nSPS) is 10.3. The zero-order valence-corrected chi connectivity index (χ0v) is 10.5. The van der Waals surface area contributed by atoms with Crippen molar-refractivity contribution in [2.75, 3.05) is 5.32 Å². The molecule has 5 heteroatoms. The summed E-state index contributed by atoms with van der Waals surface area (Å²) >= 11 is 5.89. The Bertz CT molecular complexity index is 577. The lowest BCUT2D eigenvalue weighted by Crippen LogP contribution is -2.11. The van der Waals surface area contributed by atoms with Gasteiger partial charge in [-0.15, -0.1) is 0 Å². The van der Waals surface area contributed by atoms with Crippen LogP contribution in [-0.4, -0.2) is 11.0 Å². The van der Waals surface area contributed by atoms with Gasteiger partial charge in [0, 0.05) is 12.5 Å². The van der Waals surface area contributed by atoms with Crippen LogP contribution in [0.15, 0.2) is 34.7 Å². The fourth-order valence-corrected chi connectivity index (χ4v) is 1.70. The summed E-state index contributed by atoms with van der Waals surface area (Å²) in [7, 11) is 0. The van der Waals surface area contributed by atoms with Gasteiger partial charge < -0.3 is 14.8 Å². The average molecular weight is 266 g/mol. The van der Waals surface area contributed by atoms with Crippen LogP contribution in [0.25, 0.3) is 0 Å². The zero-order chi connectivity index (χ0) is 13.1. The molecule has 0 aliphatic rings. The van der Waals surface area contributed by atoms with Crippen LogP contribution >= 0.6 is 11.6 Å². The standard InChI is InChI=1S/C13H12ClNO3/c1-2-9-4-6-12(18-9)13(17)15-11-5-3-8(16)7-10(11)14/h3-7,16H,2H2,1H3,(H,15,17). The first kappa shape index (κ1) is 12.5. The number of aromatic hydroxyl groups is 1. The molecule has 1 amide bonds. The maximum Gasteiger partial charge on any atom is 0.291 e. The Morgan fingerprint density at radius 2 is 2.17 bits per heavy atom.